The van der Waals surface area contributed by atoms with Crippen molar-refractivity contribution in [1.82, 2.24) is 4.98 Å². The first-order valence-electron chi connectivity index (χ1n) is 14.8. The largest absolute Gasteiger partial charge is 0.490 e. The van der Waals surface area contributed by atoms with Gasteiger partial charge in [0.05, 0.1) is 6.61 Å². The Labute approximate surface area is 277 Å². The first kappa shape index (κ1) is 40.6. The van der Waals surface area contributed by atoms with E-state index in [2.05, 4.69) is 43.1 Å². The van der Waals surface area contributed by atoms with Crippen LogP contribution in [0.1, 0.15) is 43.9 Å². The van der Waals surface area contributed by atoms with Crippen molar-refractivity contribution < 1.29 is 60.1 Å². The average molecular weight is 704 g/mol. The van der Waals surface area contributed by atoms with Gasteiger partial charge in [0.15, 0.2) is 0 Å². The summed E-state index contributed by atoms with van der Waals surface area (Å²) in [5, 5.41) is 14.2. The normalized spacial score (nSPS) is 16.6. The summed E-state index contributed by atoms with van der Waals surface area (Å²) < 4.78 is 82.3. The number of benzene rings is 2. The Balaban J connectivity index is 0.000000500. The van der Waals surface area contributed by atoms with Crippen molar-refractivity contribution in [3.05, 3.63) is 83.9 Å². The molecule has 1 aliphatic carbocycles. The Hall–Kier alpha value is -4.57. The number of halogens is 7. The quantitative estimate of drug-likeness (QED) is 0.154. The molecule has 2 aromatic carbocycles. The van der Waals surface area contributed by atoms with E-state index in [9.17, 15) is 35.5 Å². The number of ether oxygens (including phenoxy) is 1. The van der Waals surface area contributed by atoms with Gasteiger partial charge in [-0.2, -0.15) is 30.7 Å². The van der Waals surface area contributed by atoms with Gasteiger partial charge >= 0.3 is 24.3 Å². The van der Waals surface area contributed by atoms with Crippen molar-refractivity contribution >= 4 is 23.5 Å². The summed E-state index contributed by atoms with van der Waals surface area (Å²) in [5.74, 6) is -5.97. The molecule has 1 aromatic heterocycles. The number of anilines is 1. The van der Waals surface area contributed by atoms with Crippen molar-refractivity contribution in [2.24, 2.45) is 17.6 Å². The number of aromatic nitrogens is 1. The topological polar surface area (TPSA) is 143 Å². The molecule has 0 unspecified atom stereocenters. The van der Waals surface area contributed by atoms with Gasteiger partial charge in [-0.1, -0.05) is 62.7 Å². The number of carbonyl (C=O) groups excluding carboxylic acids is 1. The Morgan fingerprint density at radius 1 is 0.918 bits per heavy atom. The molecule has 0 bridgehead atoms. The fourth-order valence-electron chi connectivity index (χ4n) is 4.44. The van der Waals surface area contributed by atoms with Gasteiger partial charge in [-0.15, -0.1) is 0 Å². The van der Waals surface area contributed by atoms with E-state index < -0.39 is 30.2 Å². The number of carbonyl (C=O) groups is 3. The van der Waals surface area contributed by atoms with Gasteiger partial charge in [0, 0.05) is 42.9 Å². The minimum atomic E-state index is -5.08. The maximum Gasteiger partial charge on any atom is 0.490 e. The standard InChI is InChI=1S/C29H34FN3O2.2C2HF3O2/c1-4-19(2)26(31)17-33(29(34)25-16-24(25)27-6-5-7-28(30)32-27)23-14-12-22(13-15-23)21-10-8-20(9-11-21)18-35-3;2*3-2(4,5)1(6)7/h5-15,19,24-26H,4,16-18,31H2,1-3H3;2*(H,6,7)/t19-,24+,25+,26+;;/m0../s1. The van der Waals surface area contributed by atoms with Crippen molar-refractivity contribution in [1.29, 1.82) is 0 Å². The third-order valence-electron chi connectivity index (χ3n) is 7.52. The van der Waals surface area contributed by atoms with Crippen LogP contribution in [0.5, 0.6) is 0 Å². The first-order valence-corrected chi connectivity index (χ1v) is 14.8. The van der Waals surface area contributed by atoms with Gasteiger partial charge in [-0.05, 0) is 53.3 Å². The van der Waals surface area contributed by atoms with Crippen LogP contribution in [0.15, 0.2) is 66.7 Å². The molecule has 0 aliphatic heterocycles. The molecule has 0 radical (unpaired) electrons. The number of methoxy groups -OCH3 is 1. The summed E-state index contributed by atoms with van der Waals surface area (Å²) in [7, 11) is 1.69. The van der Waals surface area contributed by atoms with E-state index in [0.717, 1.165) is 28.8 Å². The summed E-state index contributed by atoms with van der Waals surface area (Å²) in [6, 6.07) is 20.9. The highest BCUT2D eigenvalue weighted by Gasteiger charge is 2.47. The Kier molecular flexibility index (Phi) is 14.7. The molecule has 1 fully saturated rings. The molecule has 0 spiro atoms. The van der Waals surface area contributed by atoms with Crippen molar-refractivity contribution in [2.45, 2.75) is 57.6 Å². The van der Waals surface area contributed by atoms with E-state index in [1.54, 1.807) is 19.2 Å². The average Bonchev–Trinajstić information content (AvgIpc) is 3.84. The van der Waals surface area contributed by atoms with E-state index in [1.165, 1.54) is 6.07 Å². The second-order valence-corrected chi connectivity index (χ2v) is 11.1. The third-order valence-corrected chi connectivity index (χ3v) is 7.52. The van der Waals surface area contributed by atoms with Crippen LogP contribution in [-0.4, -0.2) is 65.1 Å². The zero-order valence-corrected chi connectivity index (χ0v) is 26.6. The molecule has 49 heavy (non-hydrogen) atoms. The van der Waals surface area contributed by atoms with Crippen LogP contribution in [0.3, 0.4) is 0 Å². The van der Waals surface area contributed by atoms with Gasteiger partial charge in [-0.25, -0.2) is 14.6 Å². The van der Waals surface area contributed by atoms with E-state index >= 15 is 0 Å². The van der Waals surface area contributed by atoms with E-state index in [-0.39, 0.29) is 29.7 Å². The SMILES string of the molecule is CC[C@H](C)[C@H](N)CN(C(=O)[C@@H]1C[C@H]1c1cccc(F)n1)c1ccc(-c2ccc(COC)cc2)cc1.O=C(O)C(F)(F)F.O=C(O)C(F)(F)F. The highest BCUT2D eigenvalue weighted by molar-refractivity contribution is 5.97. The minimum Gasteiger partial charge on any atom is -0.475 e. The number of hydrogen-bond donors (Lipinski definition) is 3. The predicted molar refractivity (Wildman–Crippen MR) is 165 cm³/mol. The van der Waals surface area contributed by atoms with Gasteiger partial charge in [0.2, 0.25) is 11.9 Å². The number of aliphatic carboxylic acids is 2. The number of alkyl halides is 6. The Bertz CT molecular complexity index is 1510. The second kappa shape index (κ2) is 17.7. The smallest absolute Gasteiger partial charge is 0.475 e. The second-order valence-electron chi connectivity index (χ2n) is 11.1. The number of amides is 1. The fraction of sp³-hybridized carbons (Fsp3) is 0.394. The summed E-state index contributed by atoms with van der Waals surface area (Å²) in [6.45, 7) is 5.24. The lowest BCUT2D eigenvalue weighted by atomic mass is 9.98. The molecule has 16 heteroatoms. The Morgan fingerprint density at radius 3 is 1.84 bits per heavy atom. The van der Waals surface area contributed by atoms with Crippen LogP contribution in [0.2, 0.25) is 0 Å². The molecule has 4 rings (SSSR count). The van der Waals surface area contributed by atoms with Crippen LogP contribution in [0.4, 0.5) is 36.4 Å². The lowest BCUT2D eigenvalue weighted by Crippen LogP contribution is -2.45. The third kappa shape index (κ3) is 12.8. The monoisotopic (exact) mass is 703 g/mol. The molecule has 1 heterocycles. The maximum atomic E-state index is 13.6. The van der Waals surface area contributed by atoms with Crippen molar-refractivity contribution in [3.8, 4) is 11.1 Å². The number of pyridine rings is 1. The highest BCUT2D eigenvalue weighted by atomic mass is 19.4. The molecule has 0 saturated heterocycles. The van der Waals surface area contributed by atoms with Gasteiger partial charge in [0.25, 0.3) is 0 Å². The number of nitrogens with zero attached hydrogens (tertiary/aromatic N) is 2. The minimum absolute atomic E-state index is 0.0245. The van der Waals surface area contributed by atoms with Crippen LogP contribution in [0.25, 0.3) is 11.1 Å². The Morgan fingerprint density at radius 2 is 1.41 bits per heavy atom. The van der Waals surface area contributed by atoms with E-state index in [4.69, 9.17) is 30.3 Å². The highest BCUT2D eigenvalue weighted by Crippen LogP contribution is 2.48. The molecule has 1 amide bonds. The molecule has 4 atom stereocenters. The predicted octanol–water partition coefficient (Wildman–Crippen LogP) is 6.81. The molecule has 4 N–H and O–H groups in total. The van der Waals surface area contributed by atoms with Crippen molar-refractivity contribution in [2.75, 3.05) is 18.6 Å². The zero-order valence-electron chi connectivity index (χ0n) is 26.6. The fourth-order valence-corrected chi connectivity index (χ4v) is 4.44. The lowest BCUT2D eigenvalue weighted by molar-refractivity contribution is -0.193. The summed E-state index contributed by atoms with van der Waals surface area (Å²) in [4.78, 5) is 37.2. The van der Waals surface area contributed by atoms with Crippen LogP contribution in [-0.2, 0) is 25.7 Å². The number of hydrogen-bond acceptors (Lipinski definition) is 6. The first-order chi connectivity index (χ1) is 22.8. The number of nitrogens with two attached hydrogens (primary N) is 1. The molecule has 1 saturated carbocycles. The number of carboxylic acids is 2. The summed E-state index contributed by atoms with van der Waals surface area (Å²) >= 11 is 0. The molecule has 3 aromatic rings. The van der Waals surface area contributed by atoms with E-state index in [0.29, 0.717) is 25.3 Å². The lowest BCUT2D eigenvalue weighted by Gasteiger charge is -2.29. The van der Waals surface area contributed by atoms with Crippen LogP contribution in [0, 0.1) is 17.8 Å². The molecule has 9 nitrogen and oxygen atoms in total. The zero-order chi connectivity index (χ0) is 37.1. The molecular formula is C33H36F7N3O6. The van der Waals surface area contributed by atoms with Gasteiger partial charge in [0.1, 0.15) is 0 Å². The summed E-state index contributed by atoms with van der Waals surface area (Å²) in [5.41, 5.74) is 11.2. The molecular weight excluding hydrogens is 667 g/mol. The van der Waals surface area contributed by atoms with Crippen LogP contribution >= 0.6 is 0 Å². The van der Waals surface area contributed by atoms with Crippen molar-refractivity contribution in [3.63, 3.8) is 0 Å². The number of rotatable bonds is 10. The summed E-state index contributed by atoms with van der Waals surface area (Å²) in [6.07, 6.45) is -8.54. The van der Waals surface area contributed by atoms with Gasteiger partial charge < -0.3 is 25.6 Å². The van der Waals surface area contributed by atoms with Crippen LogP contribution < -0.4 is 10.6 Å². The molecule has 268 valence electrons. The maximum absolute atomic E-state index is 13.6. The molecule has 1 aliphatic rings. The number of carboxylic acid groups (broad SMARTS) is 2. The van der Waals surface area contributed by atoms with E-state index in [1.807, 2.05) is 29.2 Å². The van der Waals surface area contributed by atoms with Gasteiger partial charge in [-0.3, -0.25) is 4.79 Å².